The molecule has 1 aliphatic carbocycles. The summed E-state index contributed by atoms with van der Waals surface area (Å²) in [7, 11) is 0. The van der Waals surface area contributed by atoms with Crippen LogP contribution in [0.1, 0.15) is 59.5 Å². The molecule has 0 unspecified atom stereocenters. The molecule has 162 valence electrons. The highest BCUT2D eigenvalue weighted by Gasteiger charge is 2.21. The zero-order valence-corrected chi connectivity index (χ0v) is 18.4. The first-order valence-electron chi connectivity index (χ1n) is 11.5. The highest BCUT2D eigenvalue weighted by atomic mass is 16.2. The zero-order chi connectivity index (χ0) is 21.6. The number of ketones is 1. The third-order valence-electron chi connectivity index (χ3n) is 6.70. The Balaban J connectivity index is 1.30. The summed E-state index contributed by atoms with van der Waals surface area (Å²) in [6.07, 6.45) is 9.29. The molecule has 1 heterocycles. The van der Waals surface area contributed by atoms with Crippen molar-refractivity contribution in [3.8, 4) is 0 Å². The smallest absolute Gasteiger partial charge is 0.246 e. The summed E-state index contributed by atoms with van der Waals surface area (Å²) in [6, 6.07) is 16.3. The first-order valence-corrected chi connectivity index (χ1v) is 11.5. The van der Waals surface area contributed by atoms with Crippen LogP contribution in [0.25, 0.3) is 0 Å². The highest BCUT2D eigenvalue weighted by molar-refractivity contribution is 6.07. The van der Waals surface area contributed by atoms with E-state index in [0.717, 1.165) is 13.1 Å². The number of hydrogen-bond donors (Lipinski definition) is 0. The van der Waals surface area contributed by atoms with Crippen molar-refractivity contribution < 1.29 is 9.59 Å². The van der Waals surface area contributed by atoms with E-state index in [2.05, 4.69) is 42.2 Å². The van der Waals surface area contributed by atoms with Gasteiger partial charge in [0.1, 0.15) is 0 Å². The lowest BCUT2D eigenvalue weighted by atomic mass is 9.84. The summed E-state index contributed by atoms with van der Waals surface area (Å²) < 4.78 is 0. The number of amides is 1. The average molecular weight is 417 g/mol. The van der Waals surface area contributed by atoms with E-state index in [4.69, 9.17) is 0 Å². The van der Waals surface area contributed by atoms with Crippen molar-refractivity contribution in [3.05, 3.63) is 77.4 Å². The van der Waals surface area contributed by atoms with E-state index in [1.165, 1.54) is 61.1 Å². The third-order valence-corrected chi connectivity index (χ3v) is 6.70. The average Bonchev–Trinajstić information content (AvgIpc) is 2.83. The van der Waals surface area contributed by atoms with Crippen LogP contribution >= 0.6 is 0 Å². The standard InChI is InChI=1S/C27H32N2O2/c1-21-7-5-6-10-25(21)28-17-19-29(20-18-28)27(31)16-15-26(30)24-13-11-23(12-14-24)22-8-3-2-4-9-22/h5-7,10-16,22H,2-4,8-9,17-20H2,1H3/b16-15+. The Morgan fingerprint density at radius 3 is 2.19 bits per heavy atom. The van der Waals surface area contributed by atoms with Gasteiger partial charge in [-0.1, -0.05) is 61.7 Å². The molecule has 0 radical (unpaired) electrons. The maximum absolute atomic E-state index is 12.6. The van der Waals surface area contributed by atoms with Gasteiger partial charge in [0.15, 0.2) is 5.78 Å². The Kier molecular flexibility index (Phi) is 6.86. The van der Waals surface area contributed by atoms with E-state index in [1.54, 1.807) is 0 Å². The van der Waals surface area contributed by atoms with Gasteiger partial charge >= 0.3 is 0 Å². The molecular weight excluding hydrogens is 384 g/mol. The fraction of sp³-hybridized carbons (Fsp3) is 0.407. The fourth-order valence-corrected chi connectivity index (χ4v) is 4.79. The lowest BCUT2D eigenvalue weighted by molar-refractivity contribution is -0.126. The van der Waals surface area contributed by atoms with Crippen LogP contribution in [0.2, 0.25) is 0 Å². The Hall–Kier alpha value is -2.88. The van der Waals surface area contributed by atoms with Gasteiger partial charge in [-0.3, -0.25) is 9.59 Å². The first kappa shape index (κ1) is 21.4. The second-order valence-corrected chi connectivity index (χ2v) is 8.75. The number of anilines is 1. The Bertz CT molecular complexity index is 934. The van der Waals surface area contributed by atoms with Gasteiger partial charge in [-0.15, -0.1) is 0 Å². The van der Waals surface area contributed by atoms with E-state index in [0.29, 0.717) is 24.6 Å². The number of nitrogens with zero attached hydrogens (tertiary/aromatic N) is 2. The zero-order valence-electron chi connectivity index (χ0n) is 18.4. The van der Waals surface area contributed by atoms with E-state index >= 15 is 0 Å². The predicted molar refractivity (Wildman–Crippen MR) is 126 cm³/mol. The largest absolute Gasteiger partial charge is 0.368 e. The number of benzene rings is 2. The molecule has 1 amide bonds. The van der Waals surface area contributed by atoms with E-state index < -0.39 is 0 Å². The van der Waals surface area contributed by atoms with Crippen molar-refractivity contribution in [2.75, 3.05) is 31.1 Å². The van der Waals surface area contributed by atoms with Crippen LogP contribution in [0.5, 0.6) is 0 Å². The molecule has 2 aliphatic rings. The number of aryl methyl sites for hydroxylation is 1. The molecule has 0 bridgehead atoms. The van der Waals surface area contributed by atoms with Crippen molar-refractivity contribution in [3.63, 3.8) is 0 Å². The van der Waals surface area contributed by atoms with E-state index in [-0.39, 0.29) is 11.7 Å². The van der Waals surface area contributed by atoms with Gasteiger partial charge in [0, 0.05) is 43.5 Å². The molecule has 4 heteroatoms. The van der Waals surface area contributed by atoms with Gasteiger partial charge in [0.05, 0.1) is 0 Å². The molecule has 2 aromatic rings. The number of para-hydroxylation sites is 1. The molecule has 0 atom stereocenters. The Labute approximate surface area is 185 Å². The van der Waals surface area contributed by atoms with E-state index in [9.17, 15) is 9.59 Å². The van der Waals surface area contributed by atoms with Crippen molar-refractivity contribution in [1.82, 2.24) is 4.90 Å². The van der Waals surface area contributed by atoms with Crippen LogP contribution in [-0.2, 0) is 4.79 Å². The molecule has 1 aliphatic heterocycles. The van der Waals surface area contributed by atoms with Crippen LogP contribution < -0.4 is 4.90 Å². The predicted octanol–water partition coefficient (Wildman–Crippen LogP) is 5.13. The third kappa shape index (κ3) is 5.25. The summed E-state index contributed by atoms with van der Waals surface area (Å²) in [5.74, 6) is 0.437. The molecule has 0 N–H and O–H groups in total. The van der Waals surface area contributed by atoms with Crippen molar-refractivity contribution in [2.45, 2.75) is 44.9 Å². The number of piperazine rings is 1. The van der Waals surface area contributed by atoms with Crippen LogP contribution in [0.4, 0.5) is 5.69 Å². The summed E-state index contributed by atoms with van der Waals surface area (Å²) in [6.45, 7) is 5.06. The molecule has 1 saturated carbocycles. The minimum atomic E-state index is -0.109. The number of rotatable bonds is 5. The van der Waals surface area contributed by atoms with Crippen LogP contribution in [0.15, 0.2) is 60.7 Å². The van der Waals surface area contributed by atoms with Gasteiger partial charge in [0.2, 0.25) is 5.91 Å². The summed E-state index contributed by atoms with van der Waals surface area (Å²) in [5.41, 5.74) is 4.47. The molecule has 2 fully saturated rings. The maximum atomic E-state index is 12.6. The SMILES string of the molecule is Cc1ccccc1N1CCN(C(=O)/C=C/C(=O)c2ccc(C3CCCCC3)cc2)CC1. The number of hydrogen-bond acceptors (Lipinski definition) is 3. The molecule has 1 saturated heterocycles. The second kappa shape index (κ2) is 9.95. The molecule has 31 heavy (non-hydrogen) atoms. The Morgan fingerprint density at radius 1 is 0.839 bits per heavy atom. The quantitative estimate of drug-likeness (QED) is 0.501. The molecule has 0 aromatic heterocycles. The van der Waals surface area contributed by atoms with Gasteiger partial charge in [-0.25, -0.2) is 0 Å². The normalized spacial score (nSPS) is 17.8. The minimum absolute atomic E-state index is 0.0865. The van der Waals surface area contributed by atoms with Crippen molar-refractivity contribution >= 4 is 17.4 Å². The number of carbonyl (C=O) groups excluding carboxylic acids is 2. The number of carbonyl (C=O) groups is 2. The van der Waals surface area contributed by atoms with Crippen LogP contribution in [0, 0.1) is 6.92 Å². The first-order chi connectivity index (χ1) is 15.1. The topological polar surface area (TPSA) is 40.6 Å². The Morgan fingerprint density at radius 2 is 1.52 bits per heavy atom. The molecule has 4 nitrogen and oxygen atoms in total. The van der Waals surface area contributed by atoms with Crippen molar-refractivity contribution in [1.29, 1.82) is 0 Å². The van der Waals surface area contributed by atoms with Crippen LogP contribution in [0.3, 0.4) is 0 Å². The monoisotopic (exact) mass is 416 g/mol. The lowest BCUT2D eigenvalue weighted by Crippen LogP contribution is -2.48. The van der Waals surface area contributed by atoms with Gasteiger partial charge < -0.3 is 9.80 Å². The van der Waals surface area contributed by atoms with Crippen molar-refractivity contribution in [2.24, 2.45) is 0 Å². The molecule has 0 spiro atoms. The van der Waals surface area contributed by atoms with Gasteiger partial charge in [-0.2, -0.15) is 0 Å². The molecule has 4 rings (SSSR count). The molecular formula is C27H32N2O2. The van der Waals surface area contributed by atoms with Crippen LogP contribution in [-0.4, -0.2) is 42.8 Å². The van der Waals surface area contributed by atoms with E-state index in [1.807, 2.05) is 23.1 Å². The summed E-state index contributed by atoms with van der Waals surface area (Å²) in [4.78, 5) is 29.2. The fourth-order valence-electron chi connectivity index (χ4n) is 4.79. The maximum Gasteiger partial charge on any atom is 0.246 e. The van der Waals surface area contributed by atoms with Gasteiger partial charge in [0.25, 0.3) is 0 Å². The summed E-state index contributed by atoms with van der Waals surface area (Å²) >= 11 is 0. The molecule has 2 aromatic carbocycles. The second-order valence-electron chi connectivity index (χ2n) is 8.75. The van der Waals surface area contributed by atoms with Gasteiger partial charge in [-0.05, 0) is 49.0 Å². The minimum Gasteiger partial charge on any atom is -0.368 e. The number of allylic oxidation sites excluding steroid dienone is 1. The highest BCUT2D eigenvalue weighted by Crippen LogP contribution is 2.32. The lowest BCUT2D eigenvalue weighted by Gasteiger charge is -2.36. The summed E-state index contributed by atoms with van der Waals surface area (Å²) in [5, 5.41) is 0.